The van der Waals surface area contributed by atoms with Crippen molar-refractivity contribution in [3.63, 3.8) is 0 Å². The lowest BCUT2D eigenvalue weighted by atomic mass is 10.1. The number of anilines is 1. The fraction of sp³-hybridized carbons (Fsp3) is 0.0870. The molecule has 0 atom stereocenters. The fourth-order valence-corrected chi connectivity index (χ4v) is 4.40. The average Bonchev–Trinajstić information content (AvgIpc) is 2.71. The van der Waals surface area contributed by atoms with Gasteiger partial charge in [0, 0.05) is 11.1 Å². The van der Waals surface area contributed by atoms with Gasteiger partial charge in [-0.1, -0.05) is 54.1 Å². The van der Waals surface area contributed by atoms with Crippen LogP contribution in [0, 0.1) is 13.8 Å². The van der Waals surface area contributed by atoms with E-state index in [0.29, 0.717) is 16.3 Å². The summed E-state index contributed by atoms with van der Waals surface area (Å²) in [7, 11) is -4.09. The first-order valence-electron chi connectivity index (χ1n) is 8.94. The minimum Gasteiger partial charge on any atom is -0.268 e. The molecule has 0 aliphatic rings. The van der Waals surface area contributed by atoms with Crippen LogP contribution in [0.1, 0.15) is 16.7 Å². The van der Waals surface area contributed by atoms with Gasteiger partial charge in [0.05, 0.1) is 10.6 Å². The molecule has 29 heavy (non-hydrogen) atoms. The second-order valence-electron chi connectivity index (χ2n) is 6.60. The Morgan fingerprint density at radius 2 is 1.59 bits per heavy atom. The molecule has 0 aliphatic heterocycles. The molecule has 3 aromatic carbocycles. The van der Waals surface area contributed by atoms with E-state index in [4.69, 9.17) is 11.6 Å². The molecule has 0 fully saturated rings. The summed E-state index contributed by atoms with van der Waals surface area (Å²) >= 11 is 5.89. The van der Waals surface area contributed by atoms with Gasteiger partial charge in [-0.15, -0.1) is 0 Å². The lowest BCUT2D eigenvalue weighted by Crippen LogP contribution is -2.36. The summed E-state index contributed by atoms with van der Waals surface area (Å²) < 4.78 is 27.6. The summed E-state index contributed by atoms with van der Waals surface area (Å²) in [5.74, 6) is -0.655. The molecule has 1 amide bonds. The van der Waals surface area contributed by atoms with Crippen LogP contribution in [0.5, 0.6) is 0 Å². The SMILES string of the molecule is Cc1ccc(C)c(N(C(=O)/C=C/c2ccc(Cl)cc2)S(=O)(=O)c2ccccc2)c1. The van der Waals surface area contributed by atoms with Gasteiger partial charge in [-0.25, -0.2) is 8.42 Å². The zero-order chi connectivity index (χ0) is 21.0. The molecule has 0 aromatic heterocycles. The van der Waals surface area contributed by atoms with Crippen LogP contribution in [0.3, 0.4) is 0 Å². The standard InChI is InChI=1S/C23H20ClNO3S/c1-17-8-9-18(2)22(16-17)25(29(27,28)21-6-4-3-5-7-21)23(26)15-12-19-10-13-20(24)14-11-19/h3-16H,1-2H3/b15-12+. The van der Waals surface area contributed by atoms with E-state index in [0.717, 1.165) is 15.4 Å². The van der Waals surface area contributed by atoms with E-state index in [2.05, 4.69) is 0 Å². The van der Waals surface area contributed by atoms with Crippen molar-refractivity contribution < 1.29 is 13.2 Å². The minimum absolute atomic E-state index is 0.0501. The highest BCUT2D eigenvalue weighted by Gasteiger charge is 2.30. The van der Waals surface area contributed by atoms with Crippen LogP contribution in [0.25, 0.3) is 6.08 Å². The summed E-state index contributed by atoms with van der Waals surface area (Å²) in [6.45, 7) is 3.63. The van der Waals surface area contributed by atoms with Crippen LogP contribution in [0.4, 0.5) is 5.69 Å². The molecule has 0 aliphatic carbocycles. The maximum atomic E-state index is 13.3. The third kappa shape index (κ3) is 4.75. The van der Waals surface area contributed by atoms with Crippen LogP contribution in [0.15, 0.2) is 83.8 Å². The van der Waals surface area contributed by atoms with Gasteiger partial charge in [-0.2, -0.15) is 4.31 Å². The maximum absolute atomic E-state index is 13.3. The lowest BCUT2D eigenvalue weighted by molar-refractivity contribution is -0.113. The molecule has 148 valence electrons. The van der Waals surface area contributed by atoms with Crippen LogP contribution in [0.2, 0.25) is 5.02 Å². The number of hydrogen-bond acceptors (Lipinski definition) is 3. The normalized spacial score (nSPS) is 11.6. The maximum Gasteiger partial charge on any atom is 0.271 e. The molecule has 0 spiro atoms. The van der Waals surface area contributed by atoms with E-state index in [9.17, 15) is 13.2 Å². The van der Waals surface area contributed by atoms with E-state index in [1.165, 1.54) is 18.2 Å². The largest absolute Gasteiger partial charge is 0.271 e. The Bertz CT molecular complexity index is 1150. The predicted molar refractivity (Wildman–Crippen MR) is 118 cm³/mol. The van der Waals surface area contributed by atoms with Crippen molar-refractivity contribution in [3.05, 3.63) is 101 Å². The summed E-state index contributed by atoms with van der Waals surface area (Å²) in [5, 5.41) is 0.581. The van der Waals surface area contributed by atoms with Crippen molar-refractivity contribution >= 4 is 39.3 Å². The first-order valence-corrected chi connectivity index (χ1v) is 10.8. The third-order valence-corrected chi connectivity index (χ3v) is 6.33. The van der Waals surface area contributed by atoms with Crippen molar-refractivity contribution in [2.24, 2.45) is 0 Å². The van der Waals surface area contributed by atoms with Gasteiger partial charge in [0.15, 0.2) is 0 Å². The second kappa shape index (κ2) is 8.64. The molecule has 0 saturated heterocycles. The number of nitrogens with zero attached hydrogens (tertiary/aromatic N) is 1. The zero-order valence-electron chi connectivity index (χ0n) is 16.0. The third-order valence-electron chi connectivity index (χ3n) is 4.35. The van der Waals surface area contributed by atoms with E-state index < -0.39 is 15.9 Å². The molecular weight excluding hydrogens is 406 g/mol. The molecule has 3 aromatic rings. The van der Waals surface area contributed by atoms with Gasteiger partial charge in [-0.3, -0.25) is 4.79 Å². The highest BCUT2D eigenvalue weighted by molar-refractivity contribution is 7.93. The molecule has 0 heterocycles. The number of rotatable bonds is 5. The summed E-state index contributed by atoms with van der Waals surface area (Å²) in [5.41, 5.74) is 2.61. The van der Waals surface area contributed by atoms with Gasteiger partial charge >= 0.3 is 0 Å². The number of benzene rings is 3. The topological polar surface area (TPSA) is 54.5 Å². The quantitative estimate of drug-likeness (QED) is 0.515. The van der Waals surface area contributed by atoms with Crippen molar-refractivity contribution in [2.75, 3.05) is 4.31 Å². The molecule has 6 heteroatoms. The van der Waals surface area contributed by atoms with Crippen molar-refractivity contribution in [1.82, 2.24) is 0 Å². The van der Waals surface area contributed by atoms with Gasteiger partial charge in [0.2, 0.25) is 0 Å². The Labute approximate surface area is 176 Å². The number of sulfonamides is 1. The number of hydrogen-bond donors (Lipinski definition) is 0. The summed E-state index contributed by atoms with van der Waals surface area (Å²) in [6.07, 6.45) is 2.82. The zero-order valence-corrected chi connectivity index (χ0v) is 17.6. The van der Waals surface area contributed by atoms with Crippen molar-refractivity contribution in [1.29, 1.82) is 0 Å². The Morgan fingerprint density at radius 3 is 2.24 bits per heavy atom. The first kappa shape index (κ1) is 20.8. The molecule has 0 bridgehead atoms. The molecule has 0 radical (unpaired) electrons. The van der Waals surface area contributed by atoms with E-state index in [1.54, 1.807) is 67.6 Å². The number of carbonyl (C=O) groups is 1. The number of halogens is 1. The van der Waals surface area contributed by atoms with Crippen molar-refractivity contribution in [3.8, 4) is 0 Å². The number of amides is 1. The average molecular weight is 426 g/mol. The number of aryl methyl sites for hydroxylation is 2. The van der Waals surface area contributed by atoms with Crippen molar-refractivity contribution in [2.45, 2.75) is 18.7 Å². The van der Waals surface area contributed by atoms with Gasteiger partial charge < -0.3 is 0 Å². The molecule has 3 rings (SSSR count). The second-order valence-corrected chi connectivity index (χ2v) is 8.82. The number of carbonyl (C=O) groups excluding carboxylic acids is 1. The van der Waals surface area contributed by atoms with E-state index >= 15 is 0 Å². The molecule has 4 nitrogen and oxygen atoms in total. The highest BCUT2D eigenvalue weighted by atomic mass is 35.5. The fourth-order valence-electron chi connectivity index (χ4n) is 2.81. The summed E-state index contributed by atoms with van der Waals surface area (Å²) in [4.78, 5) is 13.2. The van der Waals surface area contributed by atoms with Crippen LogP contribution < -0.4 is 4.31 Å². The Balaban J connectivity index is 2.09. The van der Waals surface area contributed by atoms with E-state index in [-0.39, 0.29) is 4.90 Å². The summed E-state index contributed by atoms with van der Waals surface area (Å²) in [6, 6.07) is 20.2. The Kier molecular flexibility index (Phi) is 6.20. The van der Waals surface area contributed by atoms with Crippen LogP contribution >= 0.6 is 11.6 Å². The van der Waals surface area contributed by atoms with Gasteiger partial charge in [-0.05, 0) is 66.9 Å². The molecule has 0 saturated carbocycles. The lowest BCUT2D eigenvalue weighted by Gasteiger charge is -2.23. The minimum atomic E-state index is -4.09. The first-order chi connectivity index (χ1) is 13.8. The molecule has 0 N–H and O–H groups in total. The highest BCUT2D eigenvalue weighted by Crippen LogP contribution is 2.28. The van der Waals surface area contributed by atoms with Crippen LogP contribution in [-0.4, -0.2) is 14.3 Å². The Hall–Kier alpha value is -2.89. The Morgan fingerprint density at radius 1 is 0.931 bits per heavy atom. The predicted octanol–water partition coefficient (Wildman–Crippen LogP) is 5.39. The van der Waals surface area contributed by atoms with Gasteiger partial charge in [0.1, 0.15) is 0 Å². The van der Waals surface area contributed by atoms with E-state index in [1.807, 2.05) is 13.0 Å². The molecular formula is C23H20ClNO3S. The van der Waals surface area contributed by atoms with Crippen LogP contribution in [-0.2, 0) is 14.8 Å². The monoisotopic (exact) mass is 425 g/mol. The van der Waals surface area contributed by atoms with Gasteiger partial charge in [0.25, 0.3) is 15.9 Å². The molecule has 0 unspecified atom stereocenters. The smallest absolute Gasteiger partial charge is 0.268 e.